The summed E-state index contributed by atoms with van der Waals surface area (Å²) in [5.41, 5.74) is 16.1. The van der Waals surface area contributed by atoms with Crippen LogP contribution in [0.3, 0.4) is 0 Å². The number of hydrogen-bond acceptors (Lipinski definition) is 9. The Morgan fingerprint density at radius 3 is 1.90 bits per heavy atom. The van der Waals surface area contributed by atoms with E-state index >= 15 is 0 Å². The van der Waals surface area contributed by atoms with Crippen molar-refractivity contribution < 1.29 is 29.4 Å². The number of amides is 3. The molecule has 0 radical (unpaired) electrons. The van der Waals surface area contributed by atoms with Crippen molar-refractivity contribution >= 4 is 54.9 Å². The molecule has 30 heavy (non-hydrogen) atoms. The second-order valence-electron chi connectivity index (χ2n) is 6.12. The number of nitrogens with one attached hydrogen (secondary N) is 3. The van der Waals surface area contributed by atoms with Crippen LogP contribution in [0.4, 0.5) is 0 Å². The Balaban J connectivity index is 5.18. The highest BCUT2D eigenvalue weighted by Crippen LogP contribution is 2.02. The van der Waals surface area contributed by atoms with Crippen LogP contribution in [0.25, 0.3) is 0 Å². The monoisotopic (exact) mass is 467 g/mol. The van der Waals surface area contributed by atoms with Crippen molar-refractivity contribution in [3.8, 4) is 0 Å². The third-order valence-corrected chi connectivity index (χ3v) is 4.48. The number of aliphatic imine (C=N–C) groups is 1. The van der Waals surface area contributed by atoms with Gasteiger partial charge in [-0.1, -0.05) is 0 Å². The van der Waals surface area contributed by atoms with Gasteiger partial charge in [0.05, 0.1) is 12.6 Å². The Hall–Kier alpha value is -2.23. The first-order valence-corrected chi connectivity index (χ1v) is 10.1. The number of aliphatic hydroxyl groups excluding tert-OH is 1. The molecule has 172 valence electrons. The molecule has 4 atom stereocenters. The van der Waals surface area contributed by atoms with Gasteiger partial charge in [-0.15, -0.1) is 0 Å². The Morgan fingerprint density at radius 1 is 0.900 bits per heavy atom. The van der Waals surface area contributed by atoms with Gasteiger partial charge in [0.2, 0.25) is 17.7 Å². The summed E-state index contributed by atoms with van der Waals surface area (Å²) in [5.74, 6) is -3.89. The number of guanidine groups is 1. The predicted octanol–water partition coefficient (Wildman–Crippen LogP) is -4.24. The molecule has 3 amide bonds. The SMILES string of the molecule is NC(N)=NCCCC(NC(=O)C(N)CS)C(=O)NC(CS)C(=O)NC(CO)C(=O)O. The number of nitrogens with two attached hydrogens (primary N) is 3. The van der Waals surface area contributed by atoms with Crippen LogP contribution in [0.15, 0.2) is 4.99 Å². The maximum atomic E-state index is 12.6. The average Bonchev–Trinajstić information content (AvgIpc) is 2.70. The van der Waals surface area contributed by atoms with Crippen LogP contribution < -0.4 is 33.2 Å². The van der Waals surface area contributed by atoms with E-state index in [1.807, 2.05) is 0 Å². The lowest BCUT2D eigenvalue weighted by Crippen LogP contribution is -2.58. The van der Waals surface area contributed by atoms with E-state index in [-0.39, 0.29) is 30.4 Å². The van der Waals surface area contributed by atoms with Crippen molar-refractivity contribution in [3.63, 3.8) is 0 Å². The minimum Gasteiger partial charge on any atom is -0.480 e. The van der Waals surface area contributed by atoms with Gasteiger partial charge in [0.15, 0.2) is 5.96 Å². The second kappa shape index (κ2) is 14.7. The van der Waals surface area contributed by atoms with Crippen molar-refractivity contribution in [1.82, 2.24) is 16.0 Å². The number of rotatable bonds is 14. The Morgan fingerprint density at radius 2 is 1.43 bits per heavy atom. The van der Waals surface area contributed by atoms with Gasteiger partial charge in [0.25, 0.3) is 0 Å². The summed E-state index contributed by atoms with van der Waals surface area (Å²) in [7, 11) is 0. The van der Waals surface area contributed by atoms with Crippen LogP contribution in [0, 0.1) is 0 Å². The second-order valence-corrected chi connectivity index (χ2v) is 6.86. The summed E-state index contributed by atoms with van der Waals surface area (Å²) in [6, 6.07) is -4.78. The van der Waals surface area contributed by atoms with Crippen LogP contribution in [0.1, 0.15) is 12.8 Å². The number of carboxylic acids is 1. The van der Waals surface area contributed by atoms with Crippen LogP contribution >= 0.6 is 25.3 Å². The summed E-state index contributed by atoms with van der Waals surface area (Å²) in [5, 5.41) is 24.8. The molecular weight excluding hydrogens is 438 g/mol. The topological polar surface area (TPSA) is 235 Å². The zero-order valence-electron chi connectivity index (χ0n) is 16.2. The number of carbonyl (C=O) groups excluding carboxylic acids is 3. The predicted molar refractivity (Wildman–Crippen MR) is 116 cm³/mol. The van der Waals surface area contributed by atoms with Crippen molar-refractivity contribution in [2.45, 2.75) is 37.0 Å². The van der Waals surface area contributed by atoms with Gasteiger partial charge in [0.1, 0.15) is 18.1 Å². The fourth-order valence-corrected chi connectivity index (χ4v) is 2.48. The number of carbonyl (C=O) groups is 4. The van der Waals surface area contributed by atoms with Crippen LogP contribution in [-0.2, 0) is 19.2 Å². The van der Waals surface area contributed by atoms with Gasteiger partial charge >= 0.3 is 5.97 Å². The molecule has 0 aliphatic heterocycles. The third-order valence-electron chi connectivity index (χ3n) is 3.72. The molecule has 0 aliphatic rings. The quantitative estimate of drug-likeness (QED) is 0.0514. The minimum atomic E-state index is -1.54. The molecule has 13 nitrogen and oxygen atoms in total. The summed E-state index contributed by atoms with van der Waals surface area (Å²) in [4.78, 5) is 51.6. The van der Waals surface area contributed by atoms with Crippen LogP contribution in [0.5, 0.6) is 0 Å². The van der Waals surface area contributed by atoms with Crippen molar-refractivity contribution in [3.05, 3.63) is 0 Å². The van der Waals surface area contributed by atoms with Crippen molar-refractivity contribution in [1.29, 1.82) is 0 Å². The molecule has 0 aromatic heterocycles. The smallest absolute Gasteiger partial charge is 0.328 e. The van der Waals surface area contributed by atoms with Crippen molar-refractivity contribution in [2.24, 2.45) is 22.2 Å². The molecule has 0 spiro atoms. The van der Waals surface area contributed by atoms with Gasteiger partial charge in [-0.2, -0.15) is 25.3 Å². The highest BCUT2D eigenvalue weighted by molar-refractivity contribution is 7.80. The zero-order chi connectivity index (χ0) is 23.3. The van der Waals surface area contributed by atoms with Gasteiger partial charge < -0.3 is 43.4 Å². The van der Waals surface area contributed by atoms with Gasteiger partial charge in [-0.3, -0.25) is 19.4 Å². The first-order chi connectivity index (χ1) is 14.1. The van der Waals surface area contributed by atoms with Gasteiger partial charge in [0, 0.05) is 18.1 Å². The van der Waals surface area contributed by atoms with E-state index in [1.165, 1.54) is 0 Å². The maximum absolute atomic E-state index is 12.6. The molecule has 0 saturated heterocycles. The van der Waals surface area contributed by atoms with Crippen LogP contribution in [-0.4, -0.2) is 88.7 Å². The molecule has 0 saturated carbocycles. The first-order valence-electron chi connectivity index (χ1n) is 8.84. The molecule has 11 N–H and O–H groups in total. The fraction of sp³-hybridized carbons (Fsp3) is 0.667. The number of hydrogen-bond donors (Lipinski definition) is 10. The summed E-state index contributed by atoms with van der Waals surface area (Å²) >= 11 is 7.91. The molecule has 4 unspecified atom stereocenters. The standard InChI is InChI=1S/C15H29N7O6S2/c16-7(5-29)11(24)20-8(2-1-3-19-15(17)18)12(25)22-10(6-30)13(26)21-9(4-23)14(27)28/h7-10,23,29-30H,1-6,16H2,(H,20,24)(H,21,26)(H,22,25)(H,27,28)(H4,17,18,19). The van der Waals surface area contributed by atoms with E-state index in [1.54, 1.807) is 0 Å². The fourth-order valence-electron chi connectivity index (χ4n) is 2.06. The molecule has 0 aromatic rings. The summed E-state index contributed by atoms with van der Waals surface area (Å²) in [6.45, 7) is -0.632. The van der Waals surface area contributed by atoms with E-state index in [2.05, 4.69) is 46.2 Å². The Kier molecular flexibility index (Phi) is 13.6. The van der Waals surface area contributed by atoms with E-state index in [9.17, 15) is 19.2 Å². The van der Waals surface area contributed by atoms with Gasteiger partial charge in [-0.05, 0) is 12.8 Å². The molecule has 0 heterocycles. The molecule has 15 heteroatoms. The molecule has 0 bridgehead atoms. The van der Waals surface area contributed by atoms with E-state index in [4.69, 9.17) is 27.4 Å². The average molecular weight is 468 g/mol. The third kappa shape index (κ3) is 10.5. The Labute approximate surface area is 184 Å². The number of nitrogens with zero attached hydrogens (tertiary/aromatic N) is 1. The number of aliphatic hydroxyl groups is 1. The van der Waals surface area contributed by atoms with Crippen molar-refractivity contribution in [2.75, 3.05) is 24.7 Å². The molecular formula is C15H29N7O6S2. The molecule has 0 aliphatic carbocycles. The lowest BCUT2D eigenvalue weighted by molar-refractivity contribution is -0.143. The van der Waals surface area contributed by atoms with E-state index in [0.29, 0.717) is 6.42 Å². The minimum absolute atomic E-state index is 0.0492. The maximum Gasteiger partial charge on any atom is 0.328 e. The molecule has 0 rings (SSSR count). The van der Waals surface area contributed by atoms with Crippen LogP contribution in [0.2, 0.25) is 0 Å². The summed E-state index contributed by atoms with van der Waals surface area (Å²) < 4.78 is 0. The lowest BCUT2D eigenvalue weighted by Gasteiger charge is -2.24. The highest BCUT2D eigenvalue weighted by atomic mass is 32.1. The highest BCUT2D eigenvalue weighted by Gasteiger charge is 2.29. The lowest BCUT2D eigenvalue weighted by atomic mass is 10.1. The number of aliphatic carboxylic acids is 1. The van der Waals surface area contributed by atoms with Gasteiger partial charge in [-0.25, -0.2) is 4.79 Å². The molecule has 0 fully saturated rings. The van der Waals surface area contributed by atoms with E-state index < -0.39 is 54.5 Å². The number of carboxylic acid groups (broad SMARTS) is 1. The Bertz CT molecular complexity index is 633. The summed E-state index contributed by atoms with van der Waals surface area (Å²) in [6.07, 6.45) is 0.457. The number of thiol groups is 2. The largest absolute Gasteiger partial charge is 0.480 e. The normalized spacial score (nSPS) is 14.5. The van der Waals surface area contributed by atoms with E-state index in [0.717, 1.165) is 0 Å². The molecule has 0 aromatic carbocycles. The zero-order valence-corrected chi connectivity index (χ0v) is 17.9. The first kappa shape index (κ1) is 27.8.